The molecule has 0 unspecified atom stereocenters. The van der Waals surface area contributed by atoms with Gasteiger partial charge in [0.25, 0.3) is 5.91 Å². The maximum atomic E-state index is 11.9. The Kier molecular flexibility index (Phi) is 4.83. The van der Waals surface area contributed by atoms with Crippen LogP contribution < -0.4 is 11.1 Å². The second-order valence-corrected chi connectivity index (χ2v) is 4.95. The molecule has 2 aromatic rings. The molecule has 0 aliphatic rings. The predicted octanol–water partition coefficient (Wildman–Crippen LogP) is 2.20. The fourth-order valence-corrected chi connectivity index (χ4v) is 1.87. The first-order valence-electron chi connectivity index (χ1n) is 6.83. The number of hydrogen-bond acceptors (Lipinski definition) is 5. The van der Waals surface area contributed by atoms with Gasteiger partial charge in [-0.2, -0.15) is 0 Å². The van der Waals surface area contributed by atoms with Crippen LogP contribution in [0, 0.1) is 6.92 Å². The molecular formula is C16H18N2O4. The minimum absolute atomic E-state index is 0.295. The number of nitrogen functional groups attached to an aromatic ring is 1. The Morgan fingerprint density at radius 3 is 2.77 bits per heavy atom. The smallest absolute Gasteiger partial charge is 0.338 e. The molecular weight excluding hydrogens is 284 g/mol. The minimum Gasteiger partial charge on any atom is -0.467 e. The van der Waals surface area contributed by atoms with Crippen molar-refractivity contribution in [1.82, 2.24) is 5.32 Å². The second kappa shape index (κ2) is 6.80. The lowest BCUT2D eigenvalue weighted by molar-refractivity contribution is -0.125. The zero-order valence-corrected chi connectivity index (χ0v) is 12.5. The van der Waals surface area contributed by atoms with Crippen LogP contribution in [0.2, 0.25) is 0 Å². The van der Waals surface area contributed by atoms with Crippen LogP contribution >= 0.6 is 0 Å². The van der Waals surface area contributed by atoms with Crippen LogP contribution in [0.3, 0.4) is 0 Å². The zero-order valence-electron chi connectivity index (χ0n) is 12.5. The topological polar surface area (TPSA) is 94.6 Å². The summed E-state index contributed by atoms with van der Waals surface area (Å²) in [7, 11) is 0. The van der Waals surface area contributed by atoms with Crippen molar-refractivity contribution in [3.05, 3.63) is 53.5 Å². The van der Waals surface area contributed by atoms with Crippen molar-refractivity contribution in [2.45, 2.75) is 19.9 Å². The van der Waals surface area contributed by atoms with E-state index in [0.29, 0.717) is 17.0 Å². The van der Waals surface area contributed by atoms with Gasteiger partial charge >= 0.3 is 5.97 Å². The van der Waals surface area contributed by atoms with Gasteiger partial charge in [0.15, 0.2) is 6.61 Å². The molecule has 0 saturated carbocycles. The quantitative estimate of drug-likeness (QED) is 0.652. The summed E-state index contributed by atoms with van der Waals surface area (Å²) in [6.45, 7) is 3.25. The Hall–Kier alpha value is -2.76. The molecule has 0 saturated heterocycles. The van der Waals surface area contributed by atoms with E-state index in [0.717, 1.165) is 5.56 Å². The van der Waals surface area contributed by atoms with Crippen LogP contribution in [0.5, 0.6) is 0 Å². The third-order valence-electron chi connectivity index (χ3n) is 3.20. The average molecular weight is 302 g/mol. The highest BCUT2D eigenvalue weighted by atomic mass is 16.5. The molecule has 0 bridgehead atoms. The summed E-state index contributed by atoms with van der Waals surface area (Å²) < 4.78 is 10.1. The zero-order chi connectivity index (χ0) is 16.1. The summed E-state index contributed by atoms with van der Waals surface area (Å²) in [5.41, 5.74) is 7.43. The number of nitrogens with one attached hydrogen (secondary N) is 1. The Balaban J connectivity index is 1.85. The average Bonchev–Trinajstić information content (AvgIpc) is 3.02. The number of furan rings is 1. The third-order valence-corrected chi connectivity index (χ3v) is 3.20. The van der Waals surface area contributed by atoms with Gasteiger partial charge < -0.3 is 20.2 Å². The van der Waals surface area contributed by atoms with Gasteiger partial charge in [0.2, 0.25) is 0 Å². The molecule has 6 nitrogen and oxygen atoms in total. The lowest BCUT2D eigenvalue weighted by Gasteiger charge is -2.11. The van der Waals surface area contributed by atoms with E-state index in [-0.39, 0.29) is 12.6 Å². The minimum atomic E-state index is -0.590. The molecule has 0 fully saturated rings. The first-order chi connectivity index (χ1) is 10.5. The van der Waals surface area contributed by atoms with Gasteiger partial charge in [-0.1, -0.05) is 6.07 Å². The van der Waals surface area contributed by atoms with Crippen molar-refractivity contribution in [1.29, 1.82) is 0 Å². The highest BCUT2D eigenvalue weighted by Gasteiger charge is 2.14. The van der Waals surface area contributed by atoms with E-state index in [9.17, 15) is 9.59 Å². The van der Waals surface area contributed by atoms with Crippen molar-refractivity contribution in [3.8, 4) is 0 Å². The van der Waals surface area contributed by atoms with Crippen molar-refractivity contribution >= 4 is 17.6 Å². The predicted molar refractivity (Wildman–Crippen MR) is 81.1 cm³/mol. The van der Waals surface area contributed by atoms with Crippen molar-refractivity contribution in [2.75, 3.05) is 12.3 Å². The number of carbonyl (C=O) groups is 2. The number of anilines is 1. The number of hydrogen-bond donors (Lipinski definition) is 2. The van der Waals surface area contributed by atoms with Crippen LogP contribution in [0.4, 0.5) is 5.69 Å². The Labute approximate surface area is 128 Å². The van der Waals surface area contributed by atoms with Crippen LogP contribution in [0.25, 0.3) is 0 Å². The number of rotatable bonds is 5. The number of nitrogens with two attached hydrogens (primary N) is 1. The lowest BCUT2D eigenvalue weighted by Crippen LogP contribution is -2.31. The molecule has 22 heavy (non-hydrogen) atoms. The molecule has 0 radical (unpaired) electrons. The Morgan fingerprint density at radius 2 is 2.14 bits per heavy atom. The van der Waals surface area contributed by atoms with Crippen LogP contribution in [0.15, 0.2) is 41.0 Å². The van der Waals surface area contributed by atoms with E-state index in [1.165, 1.54) is 12.3 Å². The van der Waals surface area contributed by atoms with Crippen molar-refractivity contribution in [3.63, 3.8) is 0 Å². The van der Waals surface area contributed by atoms with E-state index in [1.807, 2.05) is 6.92 Å². The molecule has 3 N–H and O–H groups in total. The van der Waals surface area contributed by atoms with Gasteiger partial charge in [0, 0.05) is 5.69 Å². The number of benzene rings is 1. The maximum Gasteiger partial charge on any atom is 0.338 e. The van der Waals surface area contributed by atoms with Gasteiger partial charge in [-0.3, -0.25) is 4.79 Å². The summed E-state index contributed by atoms with van der Waals surface area (Å²) in [5.74, 6) is -0.365. The largest absolute Gasteiger partial charge is 0.467 e. The first-order valence-corrected chi connectivity index (χ1v) is 6.83. The molecule has 1 amide bonds. The standard InChI is InChI=1S/C16H18N2O4/c1-10-5-6-12(8-13(10)17)16(20)22-9-15(19)18-11(2)14-4-3-7-21-14/h3-8,11H,9,17H2,1-2H3,(H,18,19)/t11-/m1/s1. The molecule has 0 aliphatic carbocycles. The van der Waals surface area contributed by atoms with Crippen molar-refractivity contribution < 1.29 is 18.7 Å². The lowest BCUT2D eigenvalue weighted by atomic mass is 10.1. The van der Waals surface area contributed by atoms with E-state index in [2.05, 4.69) is 5.32 Å². The molecule has 1 heterocycles. The maximum absolute atomic E-state index is 11.9. The monoisotopic (exact) mass is 302 g/mol. The van der Waals surface area contributed by atoms with Gasteiger partial charge in [-0.05, 0) is 43.7 Å². The van der Waals surface area contributed by atoms with Gasteiger partial charge in [-0.25, -0.2) is 4.79 Å². The third kappa shape index (κ3) is 3.88. The normalized spacial score (nSPS) is 11.7. The second-order valence-electron chi connectivity index (χ2n) is 4.95. The Morgan fingerprint density at radius 1 is 1.36 bits per heavy atom. The summed E-state index contributed by atoms with van der Waals surface area (Å²) in [6.07, 6.45) is 1.53. The van der Waals surface area contributed by atoms with E-state index >= 15 is 0 Å². The summed E-state index contributed by atoms with van der Waals surface area (Å²) in [6, 6.07) is 8.06. The molecule has 1 aromatic heterocycles. The van der Waals surface area contributed by atoms with Crippen LogP contribution in [-0.2, 0) is 9.53 Å². The fraction of sp³-hybridized carbons (Fsp3) is 0.250. The molecule has 2 rings (SSSR count). The molecule has 1 atom stereocenters. The number of aryl methyl sites for hydroxylation is 1. The SMILES string of the molecule is Cc1ccc(C(=O)OCC(=O)N[C@H](C)c2ccco2)cc1N. The summed E-state index contributed by atoms with van der Waals surface area (Å²) in [5, 5.41) is 2.68. The first kappa shape index (κ1) is 15.6. The highest BCUT2D eigenvalue weighted by Crippen LogP contribution is 2.14. The molecule has 1 aromatic carbocycles. The van der Waals surface area contributed by atoms with Gasteiger partial charge in [-0.15, -0.1) is 0 Å². The van der Waals surface area contributed by atoms with Gasteiger partial charge in [0.1, 0.15) is 5.76 Å². The van der Waals surface area contributed by atoms with Crippen molar-refractivity contribution in [2.24, 2.45) is 0 Å². The molecule has 6 heteroatoms. The number of esters is 1. The highest BCUT2D eigenvalue weighted by molar-refractivity contribution is 5.92. The molecule has 116 valence electrons. The summed E-state index contributed by atoms with van der Waals surface area (Å²) in [4.78, 5) is 23.6. The number of carbonyl (C=O) groups excluding carboxylic acids is 2. The van der Waals surface area contributed by atoms with Crippen LogP contribution in [-0.4, -0.2) is 18.5 Å². The van der Waals surface area contributed by atoms with E-state index in [1.54, 1.807) is 31.2 Å². The Bertz CT molecular complexity index is 665. The number of ether oxygens (including phenoxy) is 1. The molecule has 0 spiro atoms. The van der Waals surface area contributed by atoms with E-state index < -0.39 is 11.9 Å². The van der Waals surface area contributed by atoms with E-state index in [4.69, 9.17) is 14.9 Å². The number of amides is 1. The molecule has 0 aliphatic heterocycles. The van der Waals surface area contributed by atoms with Gasteiger partial charge in [0.05, 0.1) is 17.9 Å². The fourth-order valence-electron chi connectivity index (χ4n) is 1.87. The summed E-state index contributed by atoms with van der Waals surface area (Å²) >= 11 is 0. The van der Waals surface area contributed by atoms with Crippen LogP contribution in [0.1, 0.15) is 34.6 Å².